The van der Waals surface area contributed by atoms with Gasteiger partial charge in [-0.2, -0.15) is 0 Å². The van der Waals surface area contributed by atoms with Crippen molar-refractivity contribution in [2.24, 2.45) is 4.99 Å². The van der Waals surface area contributed by atoms with E-state index >= 15 is 0 Å². The summed E-state index contributed by atoms with van der Waals surface area (Å²) >= 11 is 0. The minimum atomic E-state index is 0. The van der Waals surface area contributed by atoms with Crippen molar-refractivity contribution in [3.8, 4) is 0 Å². The minimum absolute atomic E-state index is 0. The second-order valence-electron chi connectivity index (χ2n) is 7.19. The van der Waals surface area contributed by atoms with Crippen molar-refractivity contribution in [3.63, 3.8) is 0 Å². The van der Waals surface area contributed by atoms with Crippen molar-refractivity contribution in [2.75, 3.05) is 33.3 Å². The molecule has 6 nitrogen and oxygen atoms in total. The van der Waals surface area contributed by atoms with E-state index in [-0.39, 0.29) is 30.1 Å². The van der Waals surface area contributed by atoms with E-state index in [9.17, 15) is 0 Å². The number of hydrogen-bond donors (Lipinski definition) is 1. The van der Waals surface area contributed by atoms with Gasteiger partial charge in [0.05, 0.1) is 18.8 Å². The van der Waals surface area contributed by atoms with Crippen LogP contribution in [0.15, 0.2) is 27.7 Å². The second kappa shape index (κ2) is 10.2. The molecule has 1 atom stereocenters. The molecule has 1 aliphatic rings. The topological polar surface area (TPSA) is 62.9 Å². The molecule has 0 amide bonds. The normalized spacial score (nSPS) is 17.4. The lowest BCUT2D eigenvalue weighted by atomic mass is 10.00. The van der Waals surface area contributed by atoms with Crippen LogP contribution >= 0.6 is 24.0 Å². The van der Waals surface area contributed by atoms with Gasteiger partial charge in [-0.15, -0.1) is 24.0 Å². The van der Waals surface area contributed by atoms with Crippen LogP contribution in [0, 0.1) is 27.7 Å². The van der Waals surface area contributed by atoms with E-state index in [1.807, 2.05) is 20.9 Å². The Morgan fingerprint density at radius 3 is 2.71 bits per heavy atom. The van der Waals surface area contributed by atoms with Crippen molar-refractivity contribution in [1.82, 2.24) is 15.4 Å². The van der Waals surface area contributed by atoms with Crippen molar-refractivity contribution < 1.29 is 9.26 Å². The van der Waals surface area contributed by atoms with Crippen LogP contribution in [0.4, 0.5) is 0 Å². The zero-order chi connectivity index (χ0) is 19.4. The maximum absolute atomic E-state index is 6.06. The number of nitrogens with one attached hydrogen (secondary N) is 1. The number of aryl methyl sites for hydroxylation is 4. The number of hydrogen-bond acceptors (Lipinski definition) is 4. The Morgan fingerprint density at radius 2 is 2.07 bits per heavy atom. The van der Waals surface area contributed by atoms with Gasteiger partial charge in [-0.1, -0.05) is 28.9 Å². The highest BCUT2D eigenvalue weighted by Crippen LogP contribution is 2.26. The molecule has 1 aromatic carbocycles. The Kier molecular flexibility index (Phi) is 8.30. The standard InChI is InChI=1S/C21H30N4O2.HI/c1-14-6-7-18(15(2)12-14)20-13-25(10-11-26-20)21(22-5)23-9-8-19-16(3)24-27-17(19)4;/h6-7,12,20H,8-11,13H2,1-5H3,(H,22,23);1H. The number of rotatable bonds is 4. The molecule has 0 radical (unpaired) electrons. The molecule has 1 aromatic heterocycles. The summed E-state index contributed by atoms with van der Waals surface area (Å²) in [6.45, 7) is 11.3. The molecule has 1 saturated heterocycles. The molecule has 28 heavy (non-hydrogen) atoms. The Bertz CT molecular complexity index is 799. The highest BCUT2D eigenvalue weighted by molar-refractivity contribution is 14.0. The van der Waals surface area contributed by atoms with Crippen LogP contribution in [0.2, 0.25) is 0 Å². The van der Waals surface area contributed by atoms with Crippen LogP contribution in [0.5, 0.6) is 0 Å². The van der Waals surface area contributed by atoms with E-state index in [0.717, 1.165) is 43.5 Å². The van der Waals surface area contributed by atoms with E-state index in [4.69, 9.17) is 9.26 Å². The first-order valence-corrected chi connectivity index (χ1v) is 9.55. The van der Waals surface area contributed by atoms with Crippen molar-refractivity contribution in [2.45, 2.75) is 40.2 Å². The predicted molar refractivity (Wildman–Crippen MR) is 123 cm³/mol. The summed E-state index contributed by atoms with van der Waals surface area (Å²) in [7, 11) is 1.83. The van der Waals surface area contributed by atoms with Crippen LogP contribution in [0.3, 0.4) is 0 Å². The fourth-order valence-corrected chi connectivity index (χ4v) is 3.71. The highest BCUT2D eigenvalue weighted by atomic mass is 127. The maximum atomic E-state index is 6.06. The third-order valence-corrected chi connectivity index (χ3v) is 5.19. The molecule has 1 N–H and O–H groups in total. The van der Waals surface area contributed by atoms with E-state index < -0.39 is 0 Å². The molecule has 2 heterocycles. The van der Waals surface area contributed by atoms with Gasteiger partial charge in [0.25, 0.3) is 0 Å². The van der Waals surface area contributed by atoms with Gasteiger partial charge >= 0.3 is 0 Å². The zero-order valence-corrected chi connectivity index (χ0v) is 19.7. The summed E-state index contributed by atoms with van der Waals surface area (Å²) in [6.07, 6.45) is 0.936. The van der Waals surface area contributed by atoms with Gasteiger partial charge < -0.3 is 19.5 Å². The third kappa shape index (κ3) is 5.26. The summed E-state index contributed by atoms with van der Waals surface area (Å²) in [6, 6.07) is 6.56. The molecular weight excluding hydrogens is 467 g/mol. The molecule has 1 aliphatic heterocycles. The van der Waals surface area contributed by atoms with E-state index in [2.05, 4.69) is 52.4 Å². The minimum Gasteiger partial charge on any atom is -0.370 e. The lowest BCUT2D eigenvalue weighted by Crippen LogP contribution is -2.48. The Morgan fingerprint density at radius 1 is 1.29 bits per heavy atom. The Balaban J connectivity index is 0.00000280. The fourth-order valence-electron chi connectivity index (χ4n) is 3.71. The smallest absolute Gasteiger partial charge is 0.193 e. The molecule has 0 aliphatic carbocycles. The van der Waals surface area contributed by atoms with Gasteiger partial charge in [0.2, 0.25) is 0 Å². The van der Waals surface area contributed by atoms with Crippen molar-refractivity contribution in [1.29, 1.82) is 0 Å². The number of morpholine rings is 1. The molecule has 1 fully saturated rings. The Hall–Kier alpha value is -1.61. The van der Waals surface area contributed by atoms with Gasteiger partial charge in [0, 0.05) is 25.7 Å². The first-order valence-electron chi connectivity index (χ1n) is 9.55. The van der Waals surface area contributed by atoms with Gasteiger partial charge in [0.1, 0.15) is 11.9 Å². The highest BCUT2D eigenvalue weighted by Gasteiger charge is 2.25. The fraction of sp³-hybridized carbons (Fsp3) is 0.524. The summed E-state index contributed by atoms with van der Waals surface area (Å²) in [5.74, 6) is 1.81. The van der Waals surface area contributed by atoms with Crippen molar-refractivity contribution >= 4 is 29.9 Å². The molecule has 0 spiro atoms. The molecule has 2 aromatic rings. The van der Waals surface area contributed by atoms with Crippen LogP contribution in [0.25, 0.3) is 0 Å². The number of aromatic nitrogens is 1. The van der Waals surface area contributed by atoms with Gasteiger partial charge in [-0.25, -0.2) is 0 Å². The second-order valence-corrected chi connectivity index (χ2v) is 7.19. The largest absolute Gasteiger partial charge is 0.370 e. The van der Waals surface area contributed by atoms with Gasteiger partial charge in [-0.3, -0.25) is 4.99 Å². The lowest BCUT2D eigenvalue weighted by molar-refractivity contribution is -0.00830. The first-order chi connectivity index (χ1) is 13.0. The van der Waals surface area contributed by atoms with Gasteiger partial charge in [0.15, 0.2) is 5.96 Å². The van der Waals surface area contributed by atoms with E-state index in [0.29, 0.717) is 6.61 Å². The van der Waals surface area contributed by atoms with Crippen LogP contribution in [-0.4, -0.2) is 49.3 Å². The summed E-state index contributed by atoms with van der Waals surface area (Å²) in [5.41, 5.74) is 5.96. The summed E-state index contributed by atoms with van der Waals surface area (Å²) in [4.78, 5) is 6.76. The van der Waals surface area contributed by atoms with Crippen LogP contribution < -0.4 is 5.32 Å². The molecule has 7 heteroatoms. The first kappa shape index (κ1) is 22.7. The molecule has 0 saturated carbocycles. The number of guanidine groups is 1. The van der Waals surface area contributed by atoms with Crippen molar-refractivity contribution in [3.05, 3.63) is 51.9 Å². The third-order valence-electron chi connectivity index (χ3n) is 5.19. The number of aliphatic imine (C=N–C) groups is 1. The lowest BCUT2D eigenvalue weighted by Gasteiger charge is -2.35. The van der Waals surface area contributed by atoms with Gasteiger partial charge in [-0.05, 0) is 45.2 Å². The molecule has 3 rings (SSSR count). The summed E-state index contributed by atoms with van der Waals surface area (Å²) < 4.78 is 11.3. The number of halogens is 1. The maximum Gasteiger partial charge on any atom is 0.193 e. The molecular formula is C21H31IN4O2. The SMILES string of the molecule is CN=C(NCCc1c(C)noc1C)N1CCOC(c2ccc(C)cc2C)C1.I. The molecule has 1 unspecified atom stereocenters. The number of ether oxygens (including phenoxy) is 1. The summed E-state index contributed by atoms with van der Waals surface area (Å²) in [5, 5.41) is 7.50. The predicted octanol–water partition coefficient (Wildman–Crippen LogP) is 3.72. The average Bonchev–Trinajstić information content (AvgIpc) is 2.97. The number of benzene rings is 1. The number of nitrogens with zero attached hydrogens (tertiary/aromatic N) is 3. The molecule has 0 bridgehead atoms. The van der Waals surface area contributed by atoms with E-state index in [1.54, 1.807) is 0 Å². The van der Waals surface area contributed by atoms with Crippen LogP contribution in [0.1, 0.15) is 39.8 Å². The quantitative estimate of drug-likeness (QED) is 0.396. The monoisotopic (exact) mass is 498 g/mol. The molecule has 154 valence electrons. The zero-order valence-electron chi connectivity index (χ0n) is 17.4. The van der Waals surface area contributed by atoms with Crippen LogP contribution in [-0.2, 0) is 11.2 Å². The van der Waals surface area contributed by atoms with E-state index in [1.165, 1.54) is 22.3 Å². The average molecular weight is 498 g/mol. The Labute approximate surface area is 184 Å².